The van der Waals surface area contributed by atoms with E-state index in [2.05, 4.69) is 10.2 Å². The number of fused-ring (bicyclic) bond motifs is 1. The van der Waals surface area contributed by atoms with Crippen LogP contribution < -0.4 is 5.69 Å². The molecule has 0 saturated heterocycles. The summed E-state index contributed by atoms with van der Waals surface area (Å²) < 4.78 is 2.77. The summed E-state index contributed by atoms with van der Waals surface area (Å²) >= 11 is 12.1. The van der Waals surface area contributed by atoms with E-state index in [9.17, 15) is 4.79 Å². The molecule has 0 unspecified atom stereocenters. The van der Waals surface area contributed by atoms with E-state index in [0.717, 1.165) is 22.3 Å². The summed E-state index contributed by atoms with van der Waals surface area (Å²) in [6, 6.07) is 14.9. The van der Waals surface area contributed by atoms with Gasteiger partial charge in [-0.2, -0.15) is 9.61 Å². The van der Waals surface area contributed by atoms with Crippen LogP contribution in [-0.4, -0.2) is 19.4 Å². The van der Waals surface area contributed by atoms with Crippen molar-refractivity contribution in [2.75, 3.05) is 0 Å². The number of hydrogen-bond donors (Lipinski definition) is 0. The van der Waals surface area contributed by atoms with E-state index < -0.39 is 0 Å². The largest absolute Gasteiger partial charge is 0.367 e. The second kappa shape index (κ2) is 6.83. The Kier molecular flexibility index (Phi) is 4.50. The molecule has 0 radical (unpaired) electrons. The highest BCUT2D eigenvalue weighted by molar-refractivity contribution is 6.31. The molecule has 5 nitrogen and oxygen atoms in total. The van der Waals surface area contributed by atoms with Crippen LogP contribution in [0.4, 0.5) is 0 Å². The Hall–Kier alpha value is -2.63. The topological polar surface area (TPSA) is 52.2 Å². The average molecular weight is 399 g/mol. The summed E-state index contributed by atoms with van der Waals surface area (Å²) in [6.45, 7) is 3.83. The SMILES string of the molecule is CC(C)n1nc2c(-c3ccc(Cl)cc3)c(-c3ccc(Cl)cc3)cnn2c1=O. The van der Waals surface area contributed by atoms with Crippen molar-refractivity contribution in [2.24, 2.45) is 0 Å². The third kappa shape index (κ3) is 3.13. The third-order valence-corrected chi connectivity index (χ3v) is 4.86. The second-order valence-corrected chi connectivity index (χ2v) is 7.38. The Bertz CT molecular complexity index is 1180. The van der Waals surface area contributed by atoms with Crippen molar-refractivity contribution in [3.8, 4) is 22.3 Å². The maximum atomic E-state index is 12.7. The first-order valence-corrected chi connectivity index (χ1v) is 9.23. The van der Waals surface area contributed by atoms with Gasteiger partial charge in [-0.3, -0.25) is 0 Å². The minimum Gasteiger partial charge on any atom is -0.244 e. The van der Waals surface area contributed by atoms with Crippen molar-refractivity contribution < 1.29 is 0 Å². The van der Waals surface area contributed by atoms with Crippen LogP contribution in [0.15, 0.2) is 59.5 Å². The lowest BCUT2D eigenvalue weighted by molar-refractivity contribution is 0.511. The van der Waals surface area contributed by atoms with Gasteiger partial charge >= 0.3 is 5.69 Å². The van der Waals surface area contributed by atoms with Crippen LogP contribution in [0.5, 0.6) is 0 Å². The predicted octanol–water partition coefficient (Wildman–Crippen LogP) is 5.11. The summed E-state index contributed by atoms with van der Waals surface area (Å²) in [4.78, 5) is 12.7. The van der Waals surface area contributed by atoms with E-state index in [4.69, 9.17) is 23.2 Å². The van der Waals surface area contributed by atoms with Crippen molar-refractivity contribution in [3.05, 3.63) is 75.3 Å². The highest BCUT2D eigenvalue weighted by Crippen LogP contribution is 2.35. The molecular weight excluding hydrogens is 383 g/mol. The van der Waals surface area contributed by atoms with E-state index in [0.29, 0.717) is 15.7 Å². The fourth-order valence-electron chi connectivity index (χ4n) is 3.02. The van der Waals surface area contributed by atoms with E-state index in [1.54, 1.807) is 6.20 Å². The molecule has 0 atom stereocenters. The maximum Gasteiger partial charge on any atom is 0.367 e. The lowest BCUT2D eigenvalue weighted by atomic mass is 9.97. The fraction of sp³-hybridized carbons (Fsp3) is 0.150. The summed E-state index contributed by atoms with van der Waals surface area (Å²) in [5.41, 5.74) is 3.76. The summed E-state index contributed by atoms with van der Waals surface area (Å²) in [6.07, 6.45) is 1.69. The normalized spacial score (nSPS) is 11.4. The lowest BCUT2D eigenvalue weighted by Crippen LogP contribution is -2.23. The number of rotatable bonds is 3. The van der Waals surface area contributed by atoms with Gasteiger partial charge in [0, 0.05) is 21.2 Å². The van der Waals surface area contributed by atoms with Gasteiger partial charge < -0.3 is 0 Å². The molecule has 0 aliphatic rings. The van der Waals surface area contributed by atoms with Crippen molar-refractivity contribution >= 4 is 28.8 Å². The quantitative estimate of drug-likeness (QED) is 0.481. The molecule has 4 aromatic rings. The lowest BCUT2D eigenvalue weighted by Gasteiger charge is -2.11. The third-order valence-electron chi connectivity index (χ3n) is 4.35. The Labute approximate surface area is 165 Å². The van der Waals surface area contributed by atoms with Crippen molar-refractivity contribution in [3.63, 3.8) is 0 Å². The molecule has 0 spiro atoms. The van der Waals surface area contributed by atoms with E-state index in [1.807, 2.05) is 62.4 Å². The Morgan fingerprint density at radius 2 is 1.44 bits per heavy atom. The minimum absolute atomic E-state index is 0.0729. The first-order chi connectivity index (χ1) is 13.0. The van der Waals surface area contributed by atoms with Gasteiger partial charge in [0.25, 0.3) is 0 Å². The number of hydrogen-bond acceptors (Lipinski definition) is 3. The molecular formula is C20H16Cl2N4O. The molecule has 0 saturated carbocycles. The van der Waals surface area contributed by atoms with Gasteiger partial charge in [0.2, 0.25) is 0 Å². The standard InChI is InChI=1S/C20H16Cl2N4O/c1-12(2)25-20(27)26-19(24-25)18(14-5-9-16(22)10-6-14)17(11-23-26)13-3-7-15(21)8-4-13/h3-12H,1-2H3. The number of nitrogens with zero attached hydrogens (tertiary/aromatic N) is 4. The predicted molar refractivity (Wildman–Crippen MR) is 109 cm³/mol. The molecule has 27 heavy (non-hydrogen) atoms. The molecule has 136 valence electrons. The van der Waals surface area contributed by atoms with Crippen LogP contribution in [-0.2, 0) is 0 Å². The highest BCUT2D eigenvalue weighted by Gasteiger charge is 2.19. The average Bonchev–Trinajstić information content (AvgIpc) is 3.00. The Morgan fingerprint density at radius 1 is 0.889 bits per heavy atom. The van der Waals surface area contributed by atoms with Gasteiger partial charge in [0.1, 0.15) is 0 Å². The fourth-order valence-corrected chi connectivity index (χ4v) is 3.27. The molecule has 0 N–H and O–H groups in total. The van der Waals surface area contributed by atoms with Crippen molar-refractivity contribution in [2.45, 2.75) is 19.9 Å². The molecule has 0 bridgehead atoms. The highest BCUT2D eigenvalue weighted by atomic mass is 35.5. The van der Waals surface area contributed by atoms with Crippen LogP contribution in [0.25, 0.3) is 27.9 Å². The zero-order valence-corrected chi connectivity index (χ0v) is 16.2. The number of benzene rings is 2. The molecule has 2 aromatic heterocycles. The first kappa shape index (κ1) is 17.8. The number of halogens is 2. The van der Waals surface area contributed by atoms with Crippen molar-refractivity contribution in [1.29, 1.82) is 0 Å². The summed E-state index contributed by atoms with van der Waals surface area (Å²) in [5.74, 6) is 0. The maximum absolute atomic E-state index is 12.7. The summed E-state index contributed by atoms with van der Waals surface area (Å²) in [7, 11) is 0. The minimum atomic E-state index is -0.266. The number of aromatic nitrogens is 4. The van der Waals surface area contributed by atoms with Crippen molar-refractivity contribution in [1.82, 2.24) is 19.4 Å². The van der Waals surface area contributed by atoms with Gasteiger partial charge in [0.05, 0.1) is 12.2 Å². The van der Waals surface area contributed by atoms with Crippen LogP contribution >= 0.6 is 23.2 Å². The molecule has 2 aromatic carbocycles. The molecule has 2 heterocycles. The van der Waals surface area contributed by atoms with Gasteiger partial charge in [-0.25, -0.2) is 9.48 Å². The summed E-state index contributed by atoms with van der Waals surface area (Å²) in [5, 5.41) is 10.2. The zero-order chi connectivity index (χ0) is 19.1. The molecule has 0 amide bonds. The van der Waals surface area contributed by atoms with Crippen LogP contribution in [0.1, 0.15) is 19.9 Å². The van der Waals surface area contributed by atoms with Gasteiger partial charge in [-0.15, -0.1) is 5.10 Å². The van der Waals surface area contributed by atoms with E-state index >= 15 is 0 Å². The van der Waals surface area contributed by atoms with Crippen LogP contribution in [0, 0.1) is 0 Å². The smallest absolute Gasteiger partial charge is 0.244 e. The van der Waals surface area contributed by atoms with Gasteiger partial charge in [-0.1, -0.05) is 47.5 Å². The molecule has 0 fully saturated rings. The van der Waals surface area contributed by atoms with E-state index in [-0.39, 0.29) is 11.7 Å². The zero-order valence-electron chi connectivity index (χ0n) is 14.7. The molecule has 0 aliphatic heterocycles. The Morgan fingerprint density at radius 3 is 2.00 bits per heavy atom. The molecule has 7 heteroatoms. The van der Waals surface area contributed by atoms with Gasteiger partial charge in [-0.05, 0) is 49.2 Å². The van der Waals surface area contributed by atoms with Gasteiger partial charge in [0.15, 0.2) is 5.65 Å². The van der Waals surface area contributed by atoms with E-state index in [1.165, 1.54) is 9.20 Å². The first-order valence-electron chi connectivity index (χ1n) is 8.48. The van der Waals surface area contributed by atoms with Crippen LogP contribution in [0.3, 0.4) is 0 Å². The molecule has 0 aliphatic carbocycles. The second-order valence-electron chi connectivity index (χ2n) is 6.50. The van der Waals surface area contributed by atoms with Crippen LogP contribution in [0.2, 0.25) is 10.0 Å². The monoisotopic (exact) mass is 398 g/mol. The molecule has 4 rings (SSSR count). The Balaban J connectivity index is 2.08.